The van der Waals surface area contributed by atoms with Crippen molar-refractivity contribution in [1.29, 1.82) is 0 Å². The summed E-state index contributed by atoms with van der Waals surface area (Å²) in [6.45, 7) is 0.0772. The third-order valence-corrected chi connectivity index (χ3v) is 3.13. The molecule has 4 nitrogen and oxygen atoms in total. The molecule has 0 N–H and O–H groups in total. The van der Waals surface area contributed by atoms with Crippen LogP contribution in [0.5, 0.6) is 6.01 Å². The lowest BCUT2D eigenvalue weighted by Crippen LogP contribution is -1.98. The van der Waals surface area contributed by atoms with Gasteiger partial charge in [0.25, 0.3) is 6.43 Å². The average Bonchev–Trinajstić information content (AvgIpc) is 2.75. The van der Waals surface area contributed by atoms with E-state index in [-0.39, 0.29) is 17.5 Å². The van der Waals surface area contributed by atoms with E-state index in [4.69, 9.17) is 4.74 Å². The van der Waals surface area contributed by atoms with Gasteiger partial charge in [0.15, 0.2) is 0 Å². The van der Waals surface area contributed by atoms with Gasteiger partial charge in [-0.3, -0.25) is 0 Å². The fourth-order valence-electron chi connectivity index (χ4n) is 1.01. The van der Waals surface area contributed by atoms with Crippen molar-refractivity contribution in [2.75, 3.05) is 0 Å². The number of hydrogen-bond acceptors (Lipinski definition) is 5. The van der Waals surface area contributed by atoms with Crippen molar-refractivity contribution < 1.29 is 13.5 Å². The number of alkyl halides is 2. The molecule has 0 unspecified atom stereocenters. The molecule has 0 aromatic carbocycles. The van der Waals surface area contributed by atoms with Crippen molar-refractivity contribution in [3.63, 3.8) is 0 Å². The first-order chi connectivity index (χ1) is 8.15. The van der Waals surface area contributed by atoms with Gasteiger partial charge in [-0.25, -0.2) is 18.7 Å². The third-order valence-electron chi connectivity index (χ3n) is 1.71. The number of halogens is 3. The second-order valence-electron chi connectivity index (χ2n) is 2.91. The first-order valence-electron chi connectivity index (χ1n) is 4.49. The molecular formula is C9H6BrF2N3OS. The quantitative estimate of drug-likeness (QED) is 0.811. The standard InChI is InChI=1S/C9H6BrF2N3OS/c10-6-1-2-13-9(15-6)16-4-7-14-3-5(17-7)8(11)12/h1-3,8H,4H2. The maximum Gasteiger partial charge on any atom is 0.317 e. The van der Waals surface area contributed by atoms with Gasteiger partial charge >= 0.3 is 6.01 Å². The Morgan fingerprint density at radius 2 is 2.24 bits per heavy atom. The van der Waals surface area contributed by atoms with Crippen LogP contribution in [-0.4, -0.2) is 15.0 Å². The summed E-state index contributed by atoms with van der Waals surface area (Å²) in [5.74, 6) is 0. The van der Waals surface area contributed by atoms with Gasteiger partial charge in [-0.05, 0) is 22.0 Å². The summed E-state index contributed by atoms with van der Waals surface area (Å²) in [6, 6.07) is 1.83. The zero-order valence-corrected chi connectivity index (χ0v) is 10.7. The molecule has 17 heavy (non-hydrogen) atoms. The number of thiazole rings is 1. The minimum absolute atomic E-state index is 0.0706. The molecule has 0 aliphatic heterocycles. The van der Waals surface area contributed by atoms with Crippen LogP contribution in [0, 0.1) is 0 Å². The SMILES string of the molecule is FC(F)c1cnc(COc2nccc(Br)n2)s1. The summed E-state index contributed by atoms with van der Waals surface area (Å²) in [7, 11) is 0. The summed E-state index contributed by atoms with van der Waals surface area (Å²) in [6.07, 6.45) is 0.178. The lowest BCUT2D eigenvalue weighted by atomic mass is 10.6. The van der Waals surface area contributed by atoms with E-state index in [1.807, 2.05) is 0 Å². The Morgan fingerprint density at radius 1 is 1.41 bits per heavy atom. The van der Waals surface area contributed by atoms with E-state index in [0.29, 0.717) is 9.61 Å². The van der Waals surface area contributed by atoms with Crippen LogP contribution in [-0.2, 0) is 6.61 Å². The molecule has 0 amide bonds. The molecule has 0 atom stereocenters. The summed E-state index contributed by atoms with van der Waals surface area (Å²) in [5.41, 5.74) is 0. The molecule has 2 aromatic heterocycles. The molecule has 0 radical (unpaired) electrons. The molecule has 0 fully saturated rings. The molecule has 0 aliphatic rings. The highest BCUT2D eigenvalue weighted by molar-refractivity contribution is 9.10. The first kappa shape index (κ1) is 12.3. The van der Waals surface area contributed by atoms with Crippen molar-refractivity contribution in [1.82, 2.24) is 15.0 Å². The minimum Gasteiger partial charge on any atom is -0.456 e. The predicted molar refractivity (Wildman–Crippen MR) is 61.1 cm³/mol. The lowest BCUT2D eigenvalue weighted by Gasteiger charge is -2.00. The van der Waals surface area contributed by atoms with Crippen LogP contribution in [0.2, 0.25) is 0 Å². The molecule has 0 saturated carbocycles. The number of ether oxygens (including phenoxy) is 1. The largest absolute Gasteiger partial charge is 0.456 e. The molecule has 0 bridgehead atoms. The molecule has 90 valence electrons. The fraction of sp³-hybridized carbons (Fsp3) is 0.222. The first-order valence-corrected chi connectivity index (χ1v) is 6.10. The van der Waals surface area contributed by atoms with Crippen molar-refractivity contribution in [2.24, 2.45) is 0 Å². The summed E-state index contributed by atoms with van der Waals surface area (Å²) in [5, 5.41) is 0.462. The van der Waals surface area contributed by atoms with E-state index < -0.39 is 6.43 Å². The van der Waals surface area contributed by atoms with Crippen LogP contribution in [0.1, 0.15) is 16.3 Å². The van der Waals surface area contributed by atoms with Gasteiger partial charge in [-0.15, -0.1) is 11.3 Å². The van der Waals surface area contributed by atoms with Crippen LogP contribution < -0.4 is 4.74 Å². The van der Waals surface area contributed by atoms with Gasteiger partial charge < -0.3 is 4.74 Å². The van der Waals surface area contributed by atoms with Gasteiger partial charge in [-0.1, -0.05) is 0 Å². The third kappa shape index (κ3) is 3.40. The molecule has 0 aliphatic carbocycles. The molecule has 2 heterocycles. The second kappa shape index (κ2) is 5.46. The smallest absolute Gasteiger partial charge is 0.317 e. The predicted octanol–water partition coefficient (Wildman–Crippen LogP) is 3.21. The highest BCUT2D eigenvalue weighted by atomic mass is 79.9. The Kier molecular flexibility index (Phi) is 3.95. The average molecular weight is 322 g/mol. The van der Waals surface area contributed by atoms with Gasteiger partial charge in [-0.2, -0.15) is 4.98 Å². The maximum atomic E-state index is 12.3. The van der Waals surface area contributed by atoms with Gasteiger partial charge in [0, 0.05) is 12.4 Å². The van der Waals surface area contributed by atoms with Crippen LogP contribution in [0.15, 0.2) is 23.1 Å². The van der Waals surface area contributed by atoms with Crippen LogP contribution in [0.4, 0.5) is 8.78 Å². The summed E-state index contributed by atoms with van der Waals surface area (Å²) in [4.78, 5) is 11.6. The van der Waals surface area contributed by atoms with Crippen LogP contribution in [0.25, 0.3) is 0 Å². The fourth-order valence-corrected chi connectivity index (χ4v) is 1.97. The molecule has 2 rings (SSSR count). The summed E-state index contributed by atoms with van der Waals surface area (Å²) < 4.78 is 30.4. The van der Waals surface area contributed by atoms with Crippen molar-refractivity contribution in [2.45, 2.75) is 13.0 Å². The number of rotatable bonds is 4. The van der Waals surface area contributed by atoms with E-state index in [0.717, 1.165) is 17.5 Å². The van der Waals surface area contributed by atoms with E-state index in [1.54, 1.807) is 6.07 Å². The number of hydrogen-bond donors (Lipinski definition) is 0. The Balaban J connectivity index is 1.97. The molecule has 2 aromatic rings. The monoisotopic (exact) mass is 321 g/mol. The van der Waals surface area contributed by atoms with Gasteiger partial charge in [0.2, 0.25) is 0 Å². The van der Waals surface area contributed by atoms with Crippen molar-refractivity contribution >= 4 is 27.3 Å². The lowest BCUT2D eigenvalue weighted by molar-refractivity contribution is 0.155. The number of nitrogens with zero attached hydrogens (tertiary/aromatic N) is 3. The Labute approximate surface area is 108 Å². The van der Waals surface area contributed by atoms with Crippen molar-refractivity contribution in [3.05, 3.63) is 32.9 Å². The van der Waals surface area contributed by atoms with Crippen LogP contribution in [0.3, 0.4) is 0 Å². The highest BCUT2D eigenvalue weighted by Gasteiger charge is 2.12. The Morgan fingerprint density at radius 3 is 2.88 bits per heavy atom. The van der Waals surface area contributed by atoms with Gasteiger partial charge in [0.05, 0.1) is 4.88 Å². The van der Waals surface area contributed by atoms with E-state index >= 15 is 0 Å². The molecule has 0 spiro atoms. The Bertz CT molecular complexity index is 508. The molecular weight excluding hydrogens is 316 g/mol. The van der Waals surface area contributed by atoms with Gasteiger partial charge in [0.1, 0.15) is 16.2 Å². The zero-order valence-electron chi connectivity index (χ0n) is 8.31. The van der Waals surface area contributed by atoms with Crippen molar-refractivity contribution in [3.8, 4) is 6.01 Å². The number of aromatic nitrogens is 3. The zero-order chi connectivity index (χ0) is 12.3. The summed E-state index contributed by atoms with van der Waals surface area (Å²) >= 11 is 4.08. The van der Waals surface area contributed by atoms with E-state index in [9.17, 15) is 8.78 Å². The minimum atomic E-state index is -2.50. The van der Waals surface area contributed by atoms with Crippen LogP contribution >= 0.6 is 27.3 Å². The Hall–Kier alpha value is -1.15. The maximum absolute atomic E-state index is 12.3. The highest BCUT2D eigenvalue weighted by Crippen LogP contribution is 2.25. The van der Waals surface area contributed by atoms with E-state index in [2.05, 4.69) is 30.9 Å². The molecule has 8 heteroatoms. The molecule has 0 saturated heterocycles. The normalized spacial score (nSPS) is 10.8. The van der Waals surface area contributed by atoms with E-state index in [1.165, 1.54) is 6.20 Å². The topological polar surface area (TPSA) is 47.9 Å². The second-order valence-corrected chi connectivity index (χ2v) is 4.87.